The first kappa shape index (κ1) is 14.8. The molecule has 0 spiro atoms. The fraction of sp³-hybridized carbons (Fsp3) is 0. The molecule has 0 aromatic heterocycles. The molecular weight excluding hydrogens is 320 g/mol. The van der Waals surface area contributed by atoms with Crippen molar-refractivity contribution in [2.24, 2.45) is 0 Å². The van der Waals surface area contributed by atoms with Crippen molar-refractivity contribution in [3.05, 3.63) is 65.7 Å². The second-order valence-corrected chi connectivity index (χ2v) is 6.00. The first-order chi connectivity index (χ1) is 10.6. The van der Waals surface area contributed by atoms with E-state index in [-0.39, 0.29) is 0 Å². The summed E-state index contributed by atoms with van der Waals surface area (Å²) in [5, 5.41) is 11.2. The molecule has 1 N–H and O–H groups in total. The molecule has 22 heavy (non-hydrogen) atoms. The van der Waals surface area contributed by atoms with Gasteiger partial charge in [-0.1, -0.05) is 59.8 Å². The van der Waals surface area contributed by atoms with E-state index in [2.05, 4.69) is 0 Å². The van der Waals surface area contributed by atoms with Crippen molar-refractivity contribution in [1.29, 1.82) is 0 Å². The van der Waals surface area contributed by atoms with Crippen LogP contribution in [0.25, 0.3) is 10.8 Å². The van der Waals surface area contributed by atoms with Crippen LogP contribution in [0.2, 0.25) is 5.02 Å². The van der Waals surface area contributed by atoms with E-state index in [0.717, 1.165) is 20.6 Å². The maximum absolute atomic E-state index is 10.8. The van der Waals surface area contributed by atoms with Gasteiger partial charge in [-0.2, -0.15) is 0 Å². The van der Waals surface area contributed by atoms with E-state index in [1.807, 2.05) is 54.6 Å². The van der Waals surface area contributed by atoms with Gasteiger partial charge < -0.3 is 9.84 Å². The van der Waals surface area contributed by atoms with Crippen LogP contribution in [-0.4, -0.2) is 11.3 Å². The number of ether oxygens (including phenoxy) is 1. The normalized spacial score (nSPS) is 10.6. The Bertz CT molecular complexity index is 848. The van der Waals surface area contributed by atoms with Crippen molar-refractivity contribution in [2.75, 3.05) is 0 Å². The van der Waals surface area contributed by atoms with Crippen LogP contribution in [-0.2, 0) is 0 Å². The van der Waals surface area contributed by atoms with Crippen molar-refractivity contribution in [2.45, 2.75) is 9.79 Å². The first-order valence-electron chi connectivity index (χ1n) is 6.50. The molecule has 0 radical (unpaired) electrons. The molecule has 5 heteroatoms. The van der Waals surface area contributed by atoms with Crippen molar-refractivity contribution >= 4 is 40.3 Å². The lowest BCUT2D eigenvalue weighted by Gasteiger charge is -2.10. The highest BCUT2D eigenvalue weighted by molar-refractivity contribution is 7.99. The van der Waals surface area contributed by atoms with Crippen LogP contribution in [0, 0.1) is 0 Å². The topological polar surface area (TPSA) is 46.5 Å². The molecule has 3 rings (SSSR count). The van der Waals surface area contributed by atoms with Gasteiger partial charge >= 0.3 is 6.16 Å². The quantitative estimate of drug-likeness (QED) is 0.494. The molecule has 3 aromatic rings. The Kier molecular flexibility index (Phi) is 4.22. The number of carboxylic acid groups (broad SMARTS) is 1. The number of hydrogen-bond donors (Lipinski definition) is 1. The summed E-state index contributed by atoms with van der Waals surface area (Å²) in [6, 6.07) is 18.6. The summed E-state index contributed by atoms with van der Waals surface area (Å²) < 4.78 is 4.84. The average Bonchev–Trinajstić information content (AvgIpc) is 2.51. The zero-order chi connectivity index (χ0) is 15.5. The number of carbonyl (C=O) groups is 1. The number of rotatable bonds is 3. The lowest BCUT2D eigenvalue weighted by atomic mass is 10.1. The highest BCUT2D eigenvalue weighted by Gasteiger charge is 2.11. The fourth-order valence-corrected chi connectivity index (χ4v) is 3.39. The van der Waals surface area contributed by atoms with Crippen LogP contribution in [0.3, 0.4) is 0 Å². The van der Waals surface area contributed by atoms with Crippen molar-refractivity contribution in [3.63, 3.8) is 0 Å². The summed E-state index contributed by atoms with van der Waals surface area (Å²) in [5.74, 6) is 0.326. The molecule has 0 fully saturated rings. The SMILES string of the molecule is O=C(O)Oc1ccc(Sc2ccccc2Cl)c2ccccc12. The van der Waals surface area contributed by atoms with E-state index in [1.54, 1.807) is 6.07 Å². The highest BCUT2D eigenvalue weighted by atomic mass is 35.5. The minimum Gasteiger partial charge on any atom is -0.449 e. The standard InChI is InChI=1S/C17H11ClO3S/c18-13-7-3-4-8-16(13)22-15-10-9-14(21-17(19)20)11-5-1-2-6-12(11)15/h1-10H,(H,19,20). The van der Waals surface area contributed by atoms with E-state index < -0.39 is 6.16 Å². The van der Waals surface area contributed by atoms with Crippen molar-refractivity contribution in [1.82, 2.24) is 0 Å². The van der Waals surface area contributed by atoms with Gasteiger partial charge in [0.25, 0.3) is 0 Å². The molecule has 0 atom stereocenters. The lowest BCUT2D eigenvalue weighted by Crippen LogP contribution is -2.03. The third-order valence-electron chi connectivity index (χ3n) is 3.10. The molecule has 0 unspecified atom stereocenters. The Morgan fingerprint density at radius 1 is 0.909 bits per heavy atom. The fourth-order valence-electron chi connectivity index (χ4n) is 2.16. The average molecular weight is 331 g/mol. The Balaban J connectivity index is 2.08. The van der Waals surface area contributed by atoms with Gasteiger partial charge in [0.05, 0.1) is 5.02 Å². The van der Waals surface area contributed by atoms with Gasteiger partial charge in [-0.15, -0.1) is 0 Å². The third-order valence-corrected chi connectivity index (χ3v) is 4.69. The molecular formula is C17H11ClO3S. The van der Waals surface area contributed by atoms with Gasteiger partial charge in [-0.3, -0.25) is 0 Å². The molecule has 3 aromatic carbocycles. The minimum absolute atomic E-state index is 0.326. The smallest absolute Gasteiger partial charge is 0.449 e. The van der Waals surface area contributed by atoms with Crippen molar-refractivity contribution < 1.29 is 14.6 Å². The van der Waals surface area contributed by atoms with Gasteiger partial charge in [0.1, 0.15) is 5.75 Å². The van der Waals surface area contributed by atoms with Gasteiger partial charge in [-0.05, 0) is 29.7 Å². The summed E-state index contributed by atoms with van der Waals surface area (Å²) in [6.45, 7) is 0. The number of hydrogen-bond acceptors (Lipinski definition) is 3. The van der Waals surface area contributed by atoms with Crippen LogP contribution < -0.4 is 4.74 Å². The Morgan fingerprint density at radius 3 is 2.32 bits per heavy atom. The zero-order valence-electron chi connectivity index (χ0n) is 11.3. The van der Waals surface area contributed by atoms with Crippen molar-refractivity contribution in [3.8, 4) is 5.75 Å². The van der Waals surface area contributed by atoms with Crippen LogP contribution in [0.1, 0.15) is 0 Å². The highest BCUT2D eigenvalue weighted by Crippen LogP contribution is 2.39. The molecule has 0 amide bonds. The Hall–Kier alpha value is -2.17. The molecule has 0 aliphatic heterocycles. The summed E-state index contributed by atoms with van der Waals surface area (Å²) in [7, 11) is 0. The summed E-state index contributed by atoms with van der Waals surface area (Å²) in [5.41, 5.74) is 0. The summed E-state index contributed by atoms with van der Waals surface area (Å²) in [6.07, 6.45) is -1.32. The predicted molar refractivity (Wildman–Crippen MR) is 88.2 cm³/mol. The molecule has 0 aliphatic carbocycles. The lowest BCUT2D eigenvalue weighted by molar-refractivity contribution is 0.145. The predicted octanol–water partition coefficient (Wildman–Crippen LogP) is 5.70. The maximum atomic E-state index is 10.8. The van der Waals surface area contributed by atoms with Gasteiger partial charge in [0.2, 0.25) is 0 Å². The second kappa shape index (κ2) is 6.30. The summed E-state index contributed by atoms with van der Waals surface area (Å²) >= 11 is 7.74. The molecule has 0 bridgehead atoms. The van der Waals surface area contributed by atoms with E-state index in [0.29, 0.717) is 10.8 Å². The van der Waals surface area contributed by atoms with E-state index in [9.17, 15) is 4.79 Å². The molecule has 110 valence electrons. The van der Waals surface area contributed by atoms with Crippen LogP contribution >= 0.6 is 23.4 Å². The van der Waals surface area contributed by atoms with Crippen LogP contribution in [0.15, 0.2) is 70.5 Å². The van der Waals surface area contributed by atoms with Crippen LogP contribution in [0.5, 0.6) is 5.75 Å². The first-order valence-corrected chi connectivity index (χ1v) is 7.69. The molecule has 0 saturated heterocycles. The molecule has 0 aliphatic rings. The minimum atomic E-state index is -1.32. The van der Waals surface area contributed by atoms with E-state index >= 15 is 0 Å². The summed E-state index contributed by atoms with van der Waals surface area (Å²) in [4.78, 5) is 12.7. The molecule has 3 nitrogen and oxygen atoms in total. The van der Waals surface area contributed by atoms with E-state index in [1.165, 1.54) is 11.8 Å². The number of halogens is 1. The Labute approximate surface area is 136 Å². The number of benzene rings is 3. The monoisotopic (exact) mass is 330 g/mol. The zero-order valence-corrected chi connectivity index (χ0v) is 12.9. The van der Waals surface area contributed by atoms with Gasteiger partial charge in [0, 0.05) is 15.2 Å². The number of fused-ring (bicyclic) bond motifs is 1. The van der Waals surface area contributed by atoms with Gasteiger partial charge in [-0.25, -0.2) is 4.79 Å². The molecule has 0 saturated carbocycles. The third kappa shape index (κ3) is 3.03. The largest absolute Gasteiger partial charge is 0.511 e. The Morgan fingerprint density at radius 2 is 1.59 bits per heavy atom. The maximum Gasteiger partial charge on any atom is 0.511 e. The van der Waals surface area contributed by atoms with E-state index in [4.69, 9.17) is 21.4 Å². The molecule has 0 heterocycles. The van der Waals surface area contributed by atoms with Crippen LogP contribution in [0.4, 0.5) is 4.79 Å². The second-order valence-electron chi connectivity index (χ2n) is 4.51. The van der Waals surface area contributed by atoms with Gasteiger partial charge in [0.15, 0.2) is 0 Å².